The Morgan fingerprint density at radius 1 is 1.24 bits per heavy atom. The number of nitrogens with zero attached hydrogens (tertiary/aromatic N) is 2. The number of halogens is 1. The number of nitrogens with two attached hydrogens (primary N) is 1. The zero-order chi connectivity index (χ0) is 24.1. The highest BCUT2D eigenvalue weighted by atomic mass is 79.9. The first-order valence-electron chi connectivity index (χ1n) is 11.1. The largest absolute Gasteiger partial charge is 0.494 e. The molecule has 1 fully saturated rings. The van der Waals surface area contributed by atoms with Gasteiger partial charge in [0.05, 0.1) is 28.6 Å². The van der Waals surface area contributed by atoms with Crippen molar-refractivity contribution in [1.29, 1.82) is 0 Å². The lowest BCUT2D eigenvalue weighted by molar-refractivity contribution is -0.129. The molecular formula is C25H26BrN3O3S2. The van der Waals surface area contributed by atoms with Gasteiger partial charge in [0, 0.05) is 39.3 Å². The number of hydrogen-bond acceptors (Lipinski definition) is 6. The van der Waals surface area contributed by atoms with Crippen LogP contribution < -0.4 is 10.5 Å². The molecule has 9 heteroatoms. The number of rotatable bonds is 8. The van der Waals surface area contributed by atoms with Crippen LogP contribution in [0.2, 0.25) is 0 Å². The molecule has 6 nitrogen and oxygen atoms in total. The van der Waals surface area contributed by atoms with Crippen LogP contribution in [0, 0.1) is 0 Å². The predicted molar refractivity (Wildman–Crippen MR) is 141 cm³/mol. The summed E-state index contributed by atoms with van der Waals surface area (Å²) in [5.41, 5.74) is 8.01. The lowest BCUT2D eigenvalue weighted by Gasteiger charge is -2.31. The van der Waals surface area contributed by atoms with Crippen LogP contribution in [0.25, 0.3) is 11.3 Å². The Balaban J connectivity index is 1.33. The van der Waals surface area contributed by atoms with E-state index in [2.05, 4.69) is 33.4 Å². The summed E-state index contributed by atoms with van der Waals surface area (Å²) in [7, 11) is 0. The molecule has 3 aromatic rings. The standard InChI is InChI=1S/C25H26BrN3O3S2/c1-2-32-19-6-7-20(24(27)31)22(13-19)33-15-23(30)29-10-8-16(9-11-29)25-28-21(14-34-25)17-4-3-5-18(26)12-17/h3-7,12-14,16H,2,8-11,15H2,1H3,(H2,27,31). The molecule has 2 heterocycles. The summed E-state index contributed by atoms with van der Waals surface area (Å²) in [4.78, 5) is 32.1. The molecule has 0 unspecified atom stereocenters. The third-order valence-electron chi connectivity index (χ3n) is 5.72. The van der Waals surface area contributed by atoms with Gasteiger partial charge in [0.25, 0.3) is 0 Å². The van der Waals surface area contributed by atoms with E-state index in [1.807, 2.05) is 24.0 Å². The van der Waals surface area contributed by atoms with Crippen molar-refractivity contribution in [2.75, 3.05) is 25.4 Å². The van der Waals surface area contributed by atoms with Crippen LogP contribution in [0.3, 0.4) is 0 Å². The van der Waals surface area contributed by atoms with Crippen molar-refractivity contribution in [3.63, 3.8) is 0 Å². The highest BCUT2D eigenvalue weighted by Gasteiger charge is 2.26. The molecule has 2 N–H and O–H groups in total. The van der Waals surface area contributed by atoms with Crippen LogP contribution in [0.5, 0.6) is 5.75 Å². The monoisotopic (exact) mass is 559 g/mol. The minimum atomic E-state index is -0.510. The molecule has 0 radical (unpaired) electrons. The number of hydrogen-bond donors (Lipinski definition) is 1. The SMILES string of the molecule is CCOc1ccc(C(N)=O)c(SCC(=O)N2CCC(c3nc(-c4cccc(Br)c4)cs3)CC2)c1. The zero-order valence-corrected chi connectivity index (χ0v) is 22.0. The van der Waals surface area contributed by atoms with E-state index in [4.69, 9.17) is 15.5 Å². The number of benzene rings is 2. The van der Waals surface area contributed by atoms with Crippen molar-refractivity contribution in [3.05, 3.63) is 62.9 Å². The molecule has 0 saturated carbocycles. The summed E-state index contributed by atoms with van der Waals surface area (Å²) >= 11 is 6.54. The molecule has 4 rings (SSSR count). The lowest BCUT2D eigenvalue weighted by atomic mass is 9.97. The van der Waals surface area contributed by atoms with Gasteiger partial charge in [0.15, 0.2) is 0 Å². The average Bonchev–Trinajstić information content (AvgIpc) is 3.33. The highest BCUT2D eigenvalue weighted by Crippen LogP contribution is 2.34. The molecule has 1 aliphatic rings. The number of aromatic nitrogens is 1. The highest BCUT2D eigenvalue weighted by molar-refractivity contribution is 9.10. The number of amides is 2. The lowest BCUT2D eigenvalue weighted by Crippen LogP contribution is -2.38. The Bertz CT molecular complexity index is 1180. The smallest absolute Gasteiger partial charge is 0.249 e. The zero-order valence-electron chi connectivity index (χ0n) is 18.8. The number of thiazole rings is 1. The molecule has 0 bridgehead atoms. The fourth-order valence-corrected chi connectivity index (χ4v) is 6.33. The fraction of sp³-hybridized carbons (Fsp3) is 0.320. The number of likely N-dealkylation sites (tertiary alicyclic amines) is 1. The first kappa shape index (κ1) is 24.8. The third kappa shape index (κ3) is 6.00. The van der Waals surface area contributed by atoms with Crippen LogP contribution in [0.4, 0.5) is 0 Å². The van der Waals surface area contributed by atoms with Crippen LogP contribution >= 0.6 is 39.0 Å². The van der Waals surface area contributed by atoms with E-state index < -0.39 is 5.91 Å². The van der Waals surface area contributed by atoms with Gasteiger partial charge in [-0.25, -0.2) is 4.98 Å². The van der Waals surface area contributed by atoms with Gasteiger partial charge in [-0.1, -0.05) is 28.1 Å². The van der Waals surface area contributed by atoms with E-state index >= 15 is 0 Å². The van der Waals surface area contributed by atoms with Crippen LogP contribution in [-0.2, 0) is 4.79 Å². The minimum Gasteiger partial charge on any atom is -0.494 e. The Morgan fingerprint density at radius 3 is 2.74 bits per heavy atom. The maximum absolute atomic E-state index is 12.9. The summed E-state index contributed by atoms with van der Waals surface area (Å²) in [6.07, 6.45) is 1.79. The first-order chi connectivity index (χ1) is 16.4. The van der Waals surface area contributed by atoms with E-state index in [9.17, 15) is 9.59 Å². The summed E-state index contributed by atoms with van der Waals surface area (Å²) < 4.78 is 6.56. The molecule has 34 heavy (non-hydrogen) atoms. The average molecular weight is 561 g/mol. The van der Waals surface area contributed by atoms with Crippen molar-refractivity contribution in [3.8, 4) is 17.0 Å². The minimum absolute atomic E-state index is 0.0645. The van der Waals surface area contributed by atoms with Gasteiger partial charge in [-0.2, -0.15) is 0 Å². The fourth-order valence-electron chi connectivity index (χ4n) is 3.94. The molecule has 1 aromatic heterocycles. The Hall–Kier alpha value is -2.36. The van der Waals surface area contributed by atoms with Gasteiger partial charge >= 0.3 is 0 Å². The summed E-state index contributed by atoms with van der Waals surface area (Å²) in [6, 6.07) is 13.3. The second kappa shape index (κ2) is 11.4. The number of carbonyl (C=O) groups excluding carboxylic acids is 2. The molecular weight excluding hydrogens is 534 g/mol. The molecule has 2 aromatic carbocycles. The van der Waals surface area contributed by atoms with Gasteiger partial charge in [0.2, 0.25) is 11.8 Å². The van der Waals surface area contributed by atoms with Crippen molar-refractivity contribution in [2.24, 2.45) is 5.73 Å². The molecule has 1 aliphatic heterocycles. The van der Waals surface area contributed by atoms with Crippen molar-refractivity contribution in [1.82, 2.24) is 9.88 Å². The third-order valence-corrected chi connectivity index (χ3v) is 8.26. The molecule has 0 spiro atoms. The summed E-state index contributed by atoms with van der Waals surface area (Å²) in [6.45, 7) is 3.83. The number of carbonyl (C=O) groups is 2. The topological polar surface area (TPSA) is 85.5 Å². The quantitative estimate of drug-likeness (QED) is 0.364. The molecule has 0 atom stereocenters. The predicted octanol–water partition coefficient (Wildman–Crippen LogP) is 5.57. The molecule has 178 valence electrons. The van der Waals surface area contributed by atoms with E-state index in [-0.39, 0.29) is 11.7 Å². The van der Waals surface area contributed by atoms with Crippen molar-refractivity contribution in [2.45, 2.75) is 30.6 Å². The number of thioether (sulfide) groups is 1. The summed E-state index contributed by atoms with van der Waals surface area (Å²) in [5.74, 6) is 0.838. The van der Waals surface area contributed by atoms with Gasteiger partial charge in [-0.3, -0.25) is 9.59 Å². The van der Waals surface area contributed by atoms with Gasteiger partial charge in [-0.05, 0) is 50.1 Å². The normalized spacial score (nSPS) is 14.2. The Labute approximate surface area is 216 Å². The number of primary amides is 1. The second-order valence-electron chi connectivity index (χ2n) is 7.98. The maximum Gasteiger partial charge on any atom is 0.249 e. The van der Waals surface area contributed by atoms with Gasteiger partial charge in [0.1, 0.15) is 5.75 Å². The van der Waals surface area contributed by atoms with E-state index in [1.54, 1.807) is 29.5 Å². The van der Waals surface area contributed by atoms with Crippen molar-refractivity contribution >= 4 is 50.8 Å². The van der Waals surface area contributed by atoms with Crippen LogP contribution in [0.15, 0.2) is 57.2 Å². The summed E-state index contributed by atoms with van der Waals surface area (Å²) in [5, 5.41) is 3.24. The second-order valence-corrected chi connectivity index (χ2v) is 10.8. The van der Waals surface area contributed by atoms with Crippen LogP contribution in [0.1, 0.15) is 41.0 Å². The van der Waals surface area contributed by atoms with Gasteiger partial charge in [-0.15, -0.1) is 23.1 Å². The maximum atomic E-state index is 12.9. The first-order valence-corrected chi connectivity index (χ1v) is 13.8. The molecule has 1 saturated heterocycles. The van der Waals surface area contributed by atoms with Gasteiger partial charge < -0.3 is 15.4 Å². The Morgan fingerprint density at radius 2 is 2.03 bits per heavy atom. The van der Waals surface area contributed by atoms with E-state index in [0.29, 0.717) is 41.8 Å². The molecule has 2 amide bonds. The number of piperidine rings is 1. The Kier molecular flexibility index (Phi) is 8.28. The molecule has 0 aliphatic carbocycles. The van der Waals surface area contributed by atoms with E-state index in [1.165, 1.54) is 11.8 Å². The van der Waals surface area contributed by atoms with E-state index in [0.717, 1.165) is 33.6 Å². The van der Waals surface area contributed by atoms with Crippen molar-refractivity contribution < 1.29 is 14.3 Å². The van der Waals surface area contributed by atoms with Crippen LogP contribution in [-0.4, -0.2) is 47.1 Å². The number of ether oxygens (including phenoxy) is 1.